The Morgan fingerprint density at radius 3 is 2.50 bits per heavy atom. The molecule has 1 aliphatic rings. The van der Waals surface area contributed by atoms with Crippen LogP contribution in [-0.2, 0) is 14.8 Å². The summed E-state index contributed by atoms with van der Waals surface area (Å²) < 4.78 is 28.9. The van der Waals surface area contributed by atoms with Crippen molar-refractivity contribution in [1.82, 2.24) is 13.9 Å². The molecule has 8 heteroatoms. The zero-order valence-electron chi connectivity index (χ0n) is 16.8. The molecular formula is C20H28N4O3S. The van der Waals surface area contributed by atoms with Crippen molar-refractivity contribution in [2.75, 3.05) is 18.4 Å². The van der Waals surface area contributed by atoms with Gasteiger partial charge in [0.1, 0.15) is 0 Å². The number of imidazole rings is 1. The zero-order valence-corrected chi connectivity index (χ0v) is 17.7. The highest BCUT2D eigenvalue weighted by Gasteiger charge is 2.33. The van der Waals surface area contributed by atoms with Gasteiger partial charge < -0.3 is 9.88 Å². The first-order valence-corrected chi connectivity index (χ1v) is 11.0. The van der Waals surface area contributed by atoms with Crippen molar-refractivity contribution in [3.8, 4) is 0 Å². The summed E-state index contributed by atoms with van der Waals surface area (Å²) in [5, 5.41) is 3.07. The van der Waals surface area contributed by atoms with E-state index in [1.807, 2.05) is 45.9 Å². The van der Waals surface area contributed by atoms with Crippen LogP contribution in [0.4, 0.5) is 5.69 Å². The smallest absolute Gasteiger partial charge is 0.262 e. The summed E-state index contributed by atoms with van der Waals surface area (Å²) in [7, 11) is -3.63. The van der Waals surface area contributed by atoms with Crippen molar-refractivity contribution in [3.63, 3.8) is 0 Å². The second-order valence-electron chi connectivity index (χ2n) is 7.67. The van der Waals surface area contributed by atoms with Crippen LogP contribution in [0.15, 0.2) is 35.7 Å². The summed E-state index contributed by atoms with van der Waals surface area (Å²) in [6, 6.07) is 5.97. The van der Waals surface area contributed by atoms with Gasteiger partial charge in [-0.3, -0.25) is 4.79 Å². The maximum absolute atomic E-state index is 12.8. The maximum atomic E-state index is 12.8. The molecule has 0 atom stereocenters. The molecule has 0 radical (unpaired) electrons. The number of sulfonamides is 1. The number of piperidine rings is 1. The summed E-state index contributed by atoms with van der Waals surface area (Å²) in [6.45, 7) is 8.57. The summed E-state index contributed by atoms with van der Waals surface area (Å²) in [6.07, 6.45) is 4.11. The normalized spacial score (nSPS) is 16.5. The van der Waals surface area contributed by atoms with Crippen LogP contribution in [0.2, 0.25) is 0 Å². The molecule has 2 aromatic rings. The number of nitrogens with one attached hydrogen (secondary N) is 1. The number of benzene rings is 1. The van der Waals surface area contributed by atoms with Crippen LogP contribution in [0.1, 0.15) is 43.9 Å². The van der Waals surface area contributed by atoms with E-state index in [0.29, 0.717) is 25.9 Å². The molecule has 1 fully saturated rings. The van der Waals surface area contributed by atoms with Gasteiger partial charge in [0.05, 0.1) is 6.33 Å². The SMILES string of the molecule is Cc1cccc(NC(=O)C2CCN(S(=O)(=O)c3cn(C(C)C)cn3)CC2)c1C. The number of aryl methyl sites for hydroxylation is 1. The molecule has 1 amide bonds. The number of carbonyl (C=O) groups excluding carboxylic acids is 1. The number of carbonyl (C=O) groups is 1. The highest BCUT2D eigenvalue weighted by molar-refractivity contribution is 7.89. The predicted octanol–water partition coefficient (Wildman–Crippen LogP) is 3.12. The van der Waals surface area contributed by atoms with Gasteiger partial charge in [0, 0.05) is 36.9 Å². The molecule has 3 rings (SSSR count). The van der Waals surface area contributed by atoms with E-state index in [0.717, 1.165) is 16.8 Å². The zero-order chi connectivity index (χ0) is 20.5. The molecule has 0 spiro atoms. The van der Waals surface area contributed by atoms with Gasteiger partial charge in [-0.15, -0.1) is 0 Å². The topological polar surface area (TPSA) is 84.3 Å². The first kappa shape index (κ1) is 20.5. The van der Waals surface area contributed by atoms with Gasteiger partial charge in [-0.05, 0) is 57.7 Å². The van der Waals surface area contributed by atoms with Gasteiger partial charge >= 0.3 is 0 Å². The van der Waals surface area contributed by atoms with E-state index < -0.39 is 10.0 Å². The van der Waals surface area contributed by atoms with Crippen molar-refractivity contribution in [1.29, 1.82) is 0 Å². The number of anilines is 1. The number of nitrogens with zero attached hydrogens (tertiary/aromatic N) is 3. The second kappa shape index (κ2) is 8.05. The highest BCUT2D eigenvalue weighted by Crippen LogP contribution is 2.26. The van der Waals surface area contributed by atoms with Crippen LogP contribution in [0.3, 0.4) is 0 Å². The average molecular weight is 405 g/mol. The number of aromatic nitrogens is 2. The van der Waals surface area contributed by atoms with E-state index >= 15 is 0 Å². The van der Waals surface area contributed by atoms with Crippen LogP contribution in [-0.4, -0.2) is 41.3 Å². The Morgan fingerprint density at radius 1 is 1.21 bits per heavy atom. The Kier molecular flexibility index (Phi) is 5.90. The van der Waals surface area contributed by atoms with Crippen molar-refractivity contribution in [2.45, 2.75) is 51.6 Å². The minimum absolute atomic E-state index is 0.0465. The highest BCUT2D eigenvalue weighted by atomic mass is 32.2. The van der Waals surface area contributed by atoms with Crippen LogP contribution in [0.25, 0.3) is 0 Å². The van der Waals surface area contributed by atoms with E-state index in [1.54, 1.807) is 17.1 Å². The minimum atomic E-state index is -3.63. The summed E-state index contributed by atoms with van der Waals surface area (Å²) in [5.74, 6) is -0.241. The Bertz CT molecular complexity index is 958. The van der Waals surface area contributed by atoms with Crippen molar-refractivity contribution in [3.05, 3.63) is 41.9 Å². The number of hydrogen-bond donors (Lipinski definition) is 1. The lowest BCUT2D eigenvalue weighted by Gasteiger charge is -2.30. The lowest BCUT2D eigenvalue weighted by Crippen LogP contribution is -2.41. The fourth-order valence-corrected chi connectivity index (χ4v) is 4.74. The van der Waals surface area contributed by atoms with Gasteiger partial charge in [-0.25, -0.2) is 13.4 Å². The lowest BCUT2D eigenvalue weighted by molar-refractivity contribution is -0.120. The molecule has 152 valence electrons. The summed E-state index contributed by atoms with van der Waals surface area (Å²) in [5.41, 5.74) is 3.00. The molecule has 1 aromatic carbocycles. The molecular weight excluding hydrogens is 376 g/mol. The number of rotatable bonds is 5. The molecule has 2 heterocycles. The monoisotopic (exact) mass is 404 g/mol. The molecule has 1 aromatic heterocycles. The van der Waals surface area contributed by atoms with Gasteiger partial charge in [-0.1, -0.05) is 12.1 Å². The van der Waals surface area contributed by atoms with Crippen LogP contribution in [0, 0.1) is 19.8 Å². The fourth-order valence-electron chi connectivity index (χ4n) is 3.35. The third kappa shape index (κ3) is 4.12. The van der Waals surface area contributed by atoms with Gasteiger partial charge in [0.2, 0.25) is 5.91 Å². The standard InChI is InChI=1S/C20H28N4O3S/c1-14(2)23-12-19(21-13-23)28(26,27)24-10-8-17(9-11-24)20(25)22-18-7-5-6-15(3)16(18)4/h5-7,12-14,17H,8-11H2,1-4H3,(H,22,25). The van der Waals surface area contributed by atoms with E-state index in [4.69, 9.17) is 0 Å². The maximum Gasteiger partial charge on any atom is 0.262 e. The van der Waals surface area contributed by atoms with Crippen molar-refractivity contribution < 1.29 is 13.2 Å². The summed E-state index contributed by atoms with van der Waals surface area (Å²) in [4.78, 5) is 16.7. The molecule has 0 aliphatic carbocycles. The van der Waals surface area contributed by atoms with E-state index in [2.05, 4.69) is 10.3 Å². The molecule has 1 saturated heterocycles. The van der Waals surface area contributed by atoms with E-state index in [-0.39, 0.29) is 22.9 Å². The Hall–Kier alpha value is -2.19. The summed E-state index contributed by atoms with van der Waals surface area (Å²) >= 11 is 0. The predicted molar refractivity (Wildman–Crippen MR) is 109 cm³/mol. The molecule has 7 nitrogen and oxygen atoms in total. The molecule has 0 unspecified atom stereocenters. The molecule has 1 aliphatic heterocycles. The molecule has 28 heavy (non-hydrogen) atoms. The van der Waals surface area contributed by atoms with Crippen molar-refractivity contribution in [2.24, 2.45) is 5.92 Å². The van der Waals surface area contributed by atoms with Crippen molar-refractivity contribution >= 4 is 21.6 Å². The number of amides is 1. The van der Waals surface area contributed by atoms with Gasteiger partial charge in [0.15, 0.2) is 5.03 Å². The second-order valence-corrected chi connectivity index (χ2v) is 9.55. The lowest BCUT2D eigenvalue weighted by atomic mass is 9.97. The molecule has 1 N–H and O–H groups in total. The fraction of sp³-hybridized carbons (Fsp3) is 0.500. The minimum Gasteiger partial charge on any atom is -0.334 e. The Morgan fingerprint density at radius 2 is 1.89 bits per heavy atom. The number of hydrogen-bond acceptors (Lipinski definition) is 4. The van der Waals surface area contributed by atoms with E-state index in [9.17, 15) is 13.2 Å². The van der Waals surface area contributed by atoms with E-state index in [1.165, 1.54) is 4.31 Å². The van der Waals surface area contributed by atoms with Gasteiger partial charge in [-0.2, -0.15) is 4.31 Å². The quantitative estimate of drug-likeness (QED) is 0.830. The van der Waals surface area contributed by atoms with Crippen LogP contribution >= 0.6 is 0 Å². The third-order valence-corrected chi connectivity index (χ3v) is 7.25. The van der Waals surface area contributed by atoms with Crippen LogP contribution < -0.4 is 5.32 Å². The Balaban J connectivity index is 1.63. The Labute approximate surface area is 166 Å². The average Bonchev–Trinajstić information content (AvgIpc) is 3.17. The largest absolute Gasteiger partial charge is 0.334 e. The first-order chi connectivity index (χ1) is 13.2. The first-order valence-electron chi connectivity index (χ1n) is 9.61. The molecule has 0 bridgehead atoms. The third-order valence-electron chi connectivity index (χ3n) is 5.47. The van der Waals surface area contributed by atoms with Crippen LogP contribution in [0.5, 0.6) is 0 Å². The van der Waals surface area contributed by atoms with Gasteiger partial charge in [0.25, 0.3) is 10.0 Å². The molecule has 0 saturated carbocycles.